The highest BCUT2D eigenvalue weighted by Gasteiger charge is 2.38. The monoisotopic (exact) mass is 327 g/mol. The largest absolute Gasteiger partial charge is 0.378 e. The number of anilines is 1. The summed E-state index contributed by atoms with van der Waals surface area (Å²) in [5.74, 6) is 0.456. The predicted octanol–water partition coefficient (Wildman–Crippen LogP) is 2.35. The molecule has 2 fully saturated rings. The van der Waals surface area contributed by atoms with Gasteiger partial charge >= 0.3 is 6.03 Å². The summed E-state index contributed by atoms with van der Waals surface area (Å²) in [6.45, 7) is 0.818. The van der Waals surface area contributed by atoms with E-state index in [2.05, 4.69) is 20.8 Å². The molecule has 1 aliphatic heterocycles. The van der Waals surface area contributed by atoms with Crippen LogP contribution in [-0.2, 0) is 4.74 Å². The molecule has 7 heteroatoms. The van der Waals surface area contributed by atoms with Crippen LogP contribution < -0.4 is 10.6 Å². The van der Waals surface area contributed by atoms with Gasteiger partial charge < -0.3 is 15.4 Å². The van der Waals surface area contributed by atoms with Crippen molar-refractivity contribution in [3.05, 3.63) is 36.7 Å². The zero-order valence-corrected chi connectivity index (χ0v) is 13.4. The molecule has 0 spiro atoms. The molecule has 2 N–H and O–H groups in total. The van der Waals surface area contributed by atoms with Crippen molar-refractivity contribution in [2.24, 2.45) is 5.92 Å². The maximum atomic E-state index is 12.3. The summed E-state index contributed by atoms with van der Waals surface area (Å²) in [5.41, 5.74) is 1.60. The van der Waals surface area contributed by atoms with Gasteiger partial charge in [-0.25, -0.2) is 4.79 Å². The molecule has 1 saturated heterocycles. The normalized spacial score (nSPS) is 25.9. The molecule has 24 heavy (non-hydrogen) atoms. The van der Waals surface area contributed by atoms with Gasteiger partial charge in [0.15, 0.2) is 0 Å². The number of benzene rings is 1. The number of urea groups is 1. The van der Waals surface area contributed by atoms with Crippen LogP contribution in [0.25, 0.3) is 5.69 Å². The number of carbonyl (C=O) groups excluding carboxylic acids is 1. The number of amides is 2. The third-order valence-corrected chi connectivity index (χ3v) is 4.87. The van der Waals surface area contributed by atoms with Crippen molar-refractivity contribution in [3.63, 3.8) is 0 Å². The van der Waals surface area contributed by atoms with Crippen LogP contribution in [0.5, 0.6) is 0 Å². The number of rotatable bonds is 3. The van der Waals surface area contributed by atoms with Crippen molar-refractivity contribution in [1.82, 2.24) is 20.3 Å². The number of nitrogens with zero attached hydrogens (tertiary/aromatic N) is 3. The molecule has 1 saturated carbocycles. The summed E-state index contributed by atoms with van der Waals surface area (Å²) in [6, 6.07) is 7.49. The number of ether oxygens (including phenoxy) is 1. The molecule has 2 heterocycles. The fraction of sp³-hybridized carbons (Fsp3) is 0.471. The first kappa shape index (κ1) is 15.1. The van der Waals surface area contributed by atoms with Crippen LogP contribution in [0.2, 0.25) is 0 Å². The second-order valence-corrected chi connectivity index (χ2v) is 6.36. The molecule has 4 rings (SSSR count). The summed E-state index contributed by atoms with van der Waals surface area (Å²) in [7, 11) is 0. The minimum Gasteiger partial charge on any atom is -0.378 e. The van der Waals surface area contributed by atoms with Crippen LogP contribution in [0, 0.1) is 5.92 Å². The lowest BCUT2D eigenvalue weighted by Gasteiger charge is -2.33. The van der Waals surface area contributed by atoms with E-state index in [9.17, 15) is 4.79 Å². The van der Waals surface area contributed by atoms with Crippen LogP contribution in [0.4, 0.5) is 10.5 Å². The summed E-state index contributed by atoms with van der Waals surface area (Å²) in [4.78, 5) is 13.8. The summed E-state index contributed by atoms with van der Waals surface area (Å²) < 4.78 is 5.75. The Bertz CT molecular complexity index is 686. The van der Waals surface area contributed by atoms with Gasteiger partial charge in [-0.15, -0.1) is 0 Å². The zero-order valence-electron chi connectivity index (χ0n) is 13.4. The van der Waals surface area contributed by atoms with E-state index in [0.717, 1.165) is 43.7 Å². The first-order valence-corrected chi connectivity index (χ1v) is 8.45. The number of nitrogens with one attached hydrogen (secondary N) is 2. The first-order valence-electron chi connectivity index (χ1n) is 8.45. The third kappa shape index (κ3) is 3.12. The standard InChI is InChI=1S/C17H21N5O2/c23-17(21-15-2-1-3-16-14(15)8-11-24-16)20-12-4-6-13(7-5-12)22-18-9-10-19-22/h4-7,9-10,14-16H,1-3,8,11H2,(H2,20,21,23)/t14-,15-,16-/m1/s1. The van der Waals surface area contributed by atoms with E-state index >= 15 is 0 Å². The van der Waals surface area contributed by atoms with Crippen LogP contribution in [-0.4, -0.2) is 39.8 Å². The minimum atomic E-state index is -0.155. The van der Waals surface area contributed by atoms with Crippen LogP contribution >= 0.6 is 0 Å². The quantitative estimate of drug-likeness (QED) is 0.907. The fourth-order valence-corrected chi connectivity index (χ4v) is 3.72. The Hall–Kier alpha value is -2.41. The van der Waals surface area contributed by atoms with E-state index in [4.69, 9.17) is 4.74 Å². The van der Waals surface area contributed by atoms with E-state index in [1.54, 1.807) is 12.4 Å². The molecular formula is C17H21N5O2. The lowest BCUT2D eigenvalue weighted by molar-refractivity contribution is 0.0553. The molecular weight excluding hydrogens is 306 g/mol. The lowest BCUT2D eigenvalue weighted by atomic mass is 9.82. The van der Waals surface area contributed by atoms with E-state index < -0.39 is 0 Å². The summed E-state index contributed by atoms with van der Waals surface area (Å²) in [6.07, 6.45) is 7.88. The van der Waals surface area contributed by atoms with Gasteiger partial charge in [0.05, 0.1) is 24.2 Å². The molecule has 1 aromatic carbocycles. The van der Waals surface area contributed by atoms with Crippen molar-refractivity contribution in [2.45, 2.75) is 37.8 Å². The zero-order chi connectivity index (χ0) is 16.4. The van der Waals surface area contributed by atoms with Crippen molar-refractivity contribution >= 4 is 11.7 Å². The average molecular weight is 327 g/mol. The van der Waals surface area contributed by atoms with Gasteiger partial charge in [-0.05, 0) is 49.9 Å². The van der Waals surface area contributed by atoms with Gasteiger partial charge in [-0.3, -0.25) is 0 Å². The van der Waals surface area contributed by atoms with Gasteiger partial charge in [0.25, 0.3) is 0 Å². The molecule has 0 unspecified atom stereocenters. The molecule has 0 radical (unpaired) electrons. The van der Waals surface area contributed by atoms with Crippen molar-refractivity contribution in [2.75, 3.05) is 11.9 Å². The molecule has 7 nitrogen and oxygen atoms in total. The minimum absolute atomic E-state index is 0.155. The second-order valence-electron chi connectivity index (χ2n) is 6.36. The number of hydrogen-bond donors (Lipinski definition) is 2. The second kappa shape index (κ2) is 6.60. The summed E-state index contributed by atoms with van der Waals surface area (Å²) in [5, 5.41) is 14.2. The lowest BCUT2D eigenvalue weighted by Crippen LogP contribution is -2.47. The Balaban J connectivity index is 1.36. The van der Waals surface area contributed by atoms with Crippen molar-refractivity contribution in [3.8, 4) is 5.69 Å². The molecule has 0 bridgehead atoms. The smallest absolute Gasteiger partial charge is 0.319 e. The Labute approximate surface area is 140 Å². The van der Waals surface area contributed by atoms with E-state index in [-0.39, 0.29) is 12.1 Å². The maximum Gasteiger partial charge on any atom is 0.319 e. The van der Waals surface area contributed by atoms with E-state index in [1.165, 1.54) is 4.80 Å². The number of carbonyl (C=O) groups is 1. The van der Waals surface area contributed by atoms with Gasteiger partial charge in [0.1, 0.15) is 0 Å². The highest BCUT2D eigenvalue weighted by atomic mass is 16.5. The van der Waals surface area contributed by atoms with Crippen LogP contribution in [0.1, 0.15) is 25.7 Å². The van der Waals surface area contributed by atoms with Crippen molar-refractivity contribution in [1.29, 1.82) is 0 Å². The Morgan fingerprint density at radius 1 is 1.12 bits per heavy atom. The number of fused-ring (bicyclic) bond motifs is 1. The number of hydrogen-bond acceptors (Lipinski definition) is 4. The Kier molecular flexibility index (Phi) is 4.17. The molecule has 1 aliphatic carbocycles. The Morgan fingerprint density at radius 3 is 2.71 bits per heavy atom. The highest BCUT2D eigenvalue weighted by Crippen LogP contribution is 2.34. The first-order chi connectivity index (χ1) is 11.8. The van der Waals surface area contributed by atoms with E-state index in [0.29, 0.717) is 12.0 Å². The predicted molar refractivity (Wildman–Crippen MR) is 89.0 cm³/mol. The topological polar surface area (TPSA) is 81.1 Å². The molecule has 126 valence electrons. The van der Waals surface area contributed by atoms with E-state index in [1.807, 2.05) is 24.3 Å². The van der Waals surface area contributed by atoms with Crippen molar-refractivity contribution < 1.29 is 9.53 Å². The fourth-order valence-electron chi connectivity index (χ4n) is 3.72. The SMILES string of the molecule is O=C(Nc1ccc(-n2nccn2)cc1)N[C@@H]1CCC[C@H]2OCC[C@H]12. The summed E-state index contributed by atoms with van der Waals surface area (Å²) >= 11 is 0. The maximum absolute atomic E-state index is 12.3. The van der Waals surface area contributed by atoms with Gasteiger partial charge in [0, 0.05) is 24.3 Å². The molecule has 3 atom stereocenters. The molecule has 2 aromatic rings. The molecule has 2 aliphatic rings. The van der Waals surface area contributed by atoms with Gasteiger partial charge in [-0.1, -0.05) is 0 Å². The van der Waals surface area contributed by atoms with Crippen LogP contribution in [0.15, 0.2) is 36.7 Å². The Morgan fingerprint density at radius 2 is 1.92 bits per heavy atom. The number of aromatic nitrogens is 3. The molecule has 2 amide bonds. The third-order valence-electron chi connectivity index (χ3n) is 4.87. The van der Waals surface area contributed by atoms with Gasteiger partial charge in [0.2, 0.25) is 0 Å². The van der Waals surface area contributed by atoms with Gasteiger partial charge in [-0.2, -0.15) is 15.0 Å². The average Bonchev–Trinajstić information content (AvgIpc) is 3.27. The molecule has 1 aromatic heterocycles. The highest BCUT2D eigenvalue weighted by molar-refractivity contribution is 5.89. The van der Waals surface area contributed by atoms with Crippen LogP contribution in [0.3, 0.4) is 0 Å².